The molecule has 1 atom stereocenters. The van der Waals surface area contributed by atoms with Crippen LogP contribution < -0.4 is 5.32 Å². The van der Waals surface area contributed by atoms with Crippen LogP contribution in [-0.4, -0.2) is 5.91 Å². The SMILES string of the molecule is O=C(NC(c1ccccc1)C1CC1)c1ccco1. The maximum Gasteiger partial charge on any atom is 0.287 e. The molecule has 1 fully saturated rings. The quantitative estimate of drug-likeness (QED) is 0.893. The molecule has 1 N–H and O–H groups in total. The Hall–Kier alpha value is -2.03. The Bertz CT molecular complexity index is 515. The summed E-state index contributed by atoms with van der Waals surface area (Å²) in [5.74, 6) is 0.795. The molecule has 1 heterocycles. The minimum absolute atomic E-state index is 0.101. The van der Waals surface area contributed by atoms with Crippen LogP contribution in [0.25, 0.3) is 0 Å². The molecule has 3 rings (SSSR count). The Morgan fingerprint density at radius 2 is 1.94 bits per heavy atom. The Balaban J connectivity index is 1.77. The van der Waals surface area contributed by atoms with Gasteiger partial charge in [0.15, 0.2) is 5.76 Å². The van der Waals surface area contributed by atoms with E-state index in [0.29, 0.717) is 11.7 Å². The Morgan fingerprint density at radius 1 is 1.17 bits per heavy atom. The van der Waals surface area contributed by atoms with Crippen LogP contribution in [-0.2, 0) is 0 Å². The lowest BCUT2D eigenvalue weighted by Gasteiger charge is -2.17. The van der Waals surface area contributed by atoms with Crippen molar-refractivity contribution in [3.05, 3.63) is 60.1 Å². The molecule has 3 nitrogen and oxygen atoms in total. The van der Waals surface area contributed by atoms with E-state index in [1.807, 2.05) is 18.2 Å². The maximum absolute atomic E-state index is 12.0. The first-order valence-corrected chi connectivity index (χ1v) is 6.24. The number of carbonyl (C=O) groups excluding carboxylic acids is 1. The molecule has 1 unspecified atom stereocenters. The van der Waals surface area contributed by atoms with Crippen molar-refractivity contribution in [2.45, 2.75) is 18.9 Å². The zero-order valence-electron chi connectivity index (χ0n) is 10.0. The second-order valence-electron chi connectivity index (χ2n) is 4.68. The molecule has 0 saturated heterocycles. The lowest BCUT2D eigenvalue weighted by molar-refractivity contribution is 0.0903. The lowest BCUT2D eigenvalue weighted by atomic mass is 10.0. The molecule has 2 aromatic rings. The Labute approximate surface area is 106 Å². The minimum atomic E-state index is -0.138. The van der Waals surface area contributed by atoms with Gasteiger partial charge in [-0.3, -0.25) is 4.79 Å². The third kappa shape index (κ3) is 2.30. The van der Waals surface area contributed by atoms with Gasteiger partial charge in [0.2, 0.25) is 0 Å². The number of hydrogen-bond acceptors (Lipinski definition) is 2. The average molecular weight is 241 g/mol. The monoisotopic (exact) mass is 241 g/mol. The molecule has 1 aromatic heterocycles. The molecule has 18 heavy (non-hydrogen) atoms. The van der Waals surface area contributed by atoms with Crippen LogP contribution >= 0.6 is 0 Å². The van der Waals surface area contributed by atoms with Gasteiger partial charge in [-0.1, -0.05) is 30.3 Å². The molecule has 1 aliphatic carbocycles. The highest BCUT2D eigenvalue weighted by molar-refractivity contribution is 5.91. The molecule has 1 aromatic carbocycles. The van der Waals surface area contributed by atoms with E-state index < -0.39 is 0 Å². The zero-order chi connectivity index (χ0) is 12.4. The molecule has 1 amide bonds. The first-order valence-electron chi connectivity index (χ1n) is 6.24. The second-order valence-corrected chi connectivity index (χ2v) is 4.68. The first kappa shape index (κ1) is 11.1. The third-order valence-corrected chi connectivity index (χ3v) is 3.28. The predicted octanol–water partition coefficient (Wildman–Crippen LogP) is 3.16. The van der Waals surface area contributed by atoms with Crippen LogP contribution in [0.15, 0.2) is 53.1 Å². The fourth-order valence-corrected chi connectivity index (χ4v) is 2.18. The van der Waals surface area contributed by atoms with Gasteiger partial charge < -0.3 is 9.73 Å². The maximum atomic E-state index is 12.0. The van der Waals surface area contributed by atoms with Crippen molar-refractivity contribution in [2.75, 3.05) is 0 Å². The summed E-state index contributed by atoms with van der Waals surface area (Å²) >= 11 is 0. The lowest BCUT2D eigenvalue weighted by Crippen LogP contribution is -2.29. The van der Waals surface area contributed by atoms with Crippen molar-refractivity contribution in [1.82, 2.24) is 5.32 Å². The van der Waals surface area contributed by atoms with Crippen LogP contribution in [0.1, 0.15) is 35.0 Å². The summed E-state index contributed by atoms with van der Waals surface area (Å²) in [6.45, 7) is 0. The molecule has 0 spiro atoms. The molecule has 0 aliphatic heterocycles. The highest BCUT2D eigenvalue weighted by Gasteiger charge is 2.33. The number of rotatable bonds is 4. The summed E-state index contributed by atoms with van der Waals surface area (Å²) in [7, 11) is 0. The molecule has 92 valence electrons. The van der Waals surface area contributed by atoms with E-state index in [0.717, 1.165) is 0 Å². The number of furan rings is 1. The summed E-state index contributed by atoms with van der Waals surface area (Å²) < 4.78 is 5.12. The van der Waals surface area contributed by atoms with Crippen LogP contribution in [0.3, 0.4) is 0 Å². The average Bonchev–Trinajstić information content (AvgIpc) is 3.10. The largest absolute Gasteiger partial charge is 0.459 e. The fourth-order valence-electron chi connectivity index (χ4n) is 2.18. The zero-order valence-corrected chi connectivity index (χ0v) is 10.0. The summed E-state index contributed by atoms with van der Waals surface area (Å²) in [4.78, 5) is 12.0. The Kier molecular flexibility index (Phi) is 2.89. The molecule has 3 heteroatoms. The predicted molar refractivity (Wildman–Crippen MR) is 68.1 cm³/mol. The summed E-state index contributed by atoms with van der Waals surface area (Å²) in [5, 5.41) is 3.06. The van der Waals surface area contributed by atoms with Crippen LogP contribution in [0.4, 0.5) is 0 Å². The standard InChI is InChI=1S/C15H15NO2/c17-15(13-7-4-10-18-13)16-14(12-8-9-12)11-5-2-1-3-6-11/h1-7,10,12,14H,8-9H2,(H,16,17). The van der Waals surface area contributed by atoms with Gasteiger partial charge >= 0.3 is 0 Å². The van der Waals surface area contributed by atoms with Crippen molar-refractivity contribution < 1.29 is 9.21 Å². The molecule has 0 bridgehead atoms. The van der Waals surface area contributed by atoms with Crippen LogP contribution in [0, 0.1) is 5.92 Å². The van der Waals surface area contributed by atoms with E-state index in [4.69, 9.17) is 4.42 Å². The van der Waals surface area contributed by atoms with Crippen LogP contribution in [0.5, 0.6) is 0 Å². The second kappa shape index (κ2) is 4.69. The van der Waals surface area contributed by atoms with E-state index in [2.05, 4.69) is 17.4 Å². The summed E-state index contributed by atoms with van der Waals surface area (Å²) in [6.07, 6.45) is 3.87. The summed E-state index contributed by atoms with van der Waals surface area (Å²) in [5.41, 5.74) is 1.17. The van der Waals surface area contributed by atoms with Crippen molar-refractivity contribution in [1.29, 1.82) is 0 Å². The molecular formula is C15H15NO2. The molecule has 1 aliphatic rings. The topological polar surface area (TPSA) is 42.2 Å². The number of hydrogen-bond donors (Lipinski definition) is 1. The Morgan fingerprint density at radius 3 is 2.56 bits per heavy atom. The highest BCUT2D eigenvalue weighted by atomic mass is 16.3. The third-order valence-electron chi connectivity index (χ3n) is 3.28. The van der Waals surface area contributed by atoms with Crippen molar-refractivity contribution in [3.8, 4) is 0 Å². The van der Waals surface area contributed by atoms with Gasteiger partial charge in [0.25, 0.3) is 5.91 Å². The molecular weight excluding hydrogens is 226 g/mol. The van der Waals surface area contributed by atoms with Gasteiger partial charge in [-0.25, -0.2) is 0 Å². The van der Waals surface area contributed by atoms with E-state index in [9.17, 15) is 4.79 Å². The first-order chi connectivity index (χ1) is 8.84. The van der Waals surface area contributed by atoms with Crippen molar-refractivity contribution >= 4 is 5.91 Å². The fraction of sp³-hybridized carbons (Fsp3) is 0.267. The van der Waals surface area contributed by atoms with Gasteiger partial charge in [0.05, 0.1) is 12.3 Å². The van der Waals surface area contributed by atoms with Crippen molar-refractivity contribution in [2.24, 2.45) is 5.92 Å². The van der Waals surface area contributed by atoms with E-state index in [-0.39, 0.29) is 11.9 Å². The van der Waals surface area contributed by atoms with E-state index in [1.54, 1.807) is 12.1 Å². The van der Waals surface area contributed by atoms with Crippen molar-refractivity contribution in [3.63, 3.8) is 0 Å². The van der Waals surface area contributed by atoms with Gasteiger partial charge in [-0.15, -0.1) is 0 Å². The number of amides is 1. The van der Waals surface area contributed by atoms with Gasteiger partial charge in [0, 0.05) is 0 Å². The van der Waals surface area contributed by atoms with E-state index in [1.165, 1.54) is 24.7 Å². The van der Waals surface area contributed by atoms with Gasteiger partial charge in [0.1, 0.15) is 0 Å². The van der Waals surface area contributed by atoms with Crippen LogP contribution in [0.2, 0.25) is 0 Å². The highest BCUT2D eigenvalue weighted by Crippen LogP contribution is 2.41. The number of carbonyl (C=O) groups is 1. The number of benzene rings is 1. The van der Waals surface area contributed by atoms with Gasteiger partial charge in [-0.05, 0) is 36.5 Å². The normalized spacial score (nSPS) is 16.2. The van der Waals surface area contributed by atoms with E-state index >= 15 is 0 Å². The molecule has 0 radical (unpaired) electrons. The number of nitrogens with one attached hydrogen (secondary N) is 1. The molecule has 1 saturated carbocycles. The van der Waals surface area contributed by atoms with Gasteiger partial charge in [-0.2, -0.15) is 0 Å². The minimum Gasteiger partial charge on any atom is -0.459 e. The summed E-state index contributed by atoms with van der Waals surface area (Å²) in [6, 6.07) is 13.6. The smallest absolute Gasteiger partial charge is 0.287 e.